The van der Waals surface area contributed by atoms with Gasteiger partial charge < -0.3 is 14.7 Å². The molecule has 2 aliphatic rings. The van der Waals surface area contributed by atoms with Gasteiger partial charge in [0, 0.05) is 43.6 Å². The minimum absolute atomic E-state index is 0.0169. The number of aryl methyl sites for hydroxylation is 1. The molecule has 6 nitrogen and oxygen atoms in total. The van der Waals surface area contributed by atoms with Crippen molar-refractivity contribution in [2.75, 3.05) is 38.7 Å². The molecular formula is C30H31F3N4O2. The van der Waals surface area contributed by atoms with Gasteiger partial charge >= 0.3 is 6.01 Å². The molecular weight excluding hydrogens is 505 g/mol. The number of aromatic hydroxyl groups is 1. The minimum Gasteiger partial charge on any atom is -0.507 e. The first-order valence-corrected chi connectivity index (χ1v) is 13.4. The van der Waals surface area contributed by atoms with Gasteiger partial charge in [-0.1, -0.05) is 25.1 Å². The zero-order valence-electron chi connectivity index (χ0n) is 22.3. The number of hydrogen-bond acceptors (Lipinski definition) is 6. The van der Waals surface area contributed by atoms with E-state index < -0.39 is 17.5 Å². The average Bonchev–Trinajstić information content (AvgIpc) is 3.43. The Kier molecular flexibility index (Phi) is 6.29. The molecule has 6 rings (SSSR count). The maximum atomic E-state index is 16.3. The molecule has 4 aromatic rings. The van der Waals surface area contributed by atoms with Crippen molar-refractivity contribution in [3.05, 3.63) is 53.6 Å². The van der Waals surface area contributed by atoms with Gasteiger partial charge in [0.05, 0.1) is 5.54 Å². The number of hydrogen-bond donors (Lipinski definition) is 1. The van der Waals surface area contributed by atoms with E-state index in [1.165, 1.54) is 12.1 Å². The first kappa shape index (κ1) is 25.7. The lowest BCUT2D eigenvalue weighted by Gasteiger charge is -2.31. The van der Waals surface area contributed by atoms with Crippen LogP contribution in [0, 0.1) is 11.6 Å². The van der Waals surface area contributed by atoms with Gasteiger partial charge in [-0.3, -0.25) is 4.90 Å². The van der Waals surface area contributed by atoms with Crippen LogP contribution >= 0.6 is 0 Å². The summed E-state index contributed by atoms with van der Waals surface area (Å²) in [4.78, 5) is 12.9. The molecule has 0 spiro atoms. The van der Waals surface area contributed by atoms with Crippen LogP contribution in [0.3, 0.4) is 0 Å². The van der Waals surface area contributed by atoms with Crippen LogP contribution in [0.2, 0.25) is 0 Å². The highest BCUT2D eigenvalue weighted by molar-refractivity contribution is 6.03. The second kappa shape index (κ2) is 9.55. The Labute approximate surface area is 225 Å². The van der Waals surface area contributed by atoms with E-state index in [1.54, 1.807) is 43.3 Å². The summed E-state index contributed by atoms with van der Waals surface area (Å²) in [6, 6.07) is 9.36. The Morgan fingerprint density at radius 3 is 2.62 bits per heavy atom. The largest absolute Gasteiger partial charge is 0.507 e. The normalized spacial score (nSPS) is 21.1. The Morgan fingerprint density at radius 1 is 1.08 bits per heavy atom. The molecule has 2 fully saturated rings. The van der Waals surface area contributed by atoms with Gasteiger partial charge in [0.1, 0.15) is 35.7 Å². The molecule has 0 unspecified atom stereocenters. The fourth-order valence-corrected chi connectivity index (χ4v) is 6.44. The molecule has 2 saturated heterocycles. The molecule has 0 saturated carbocycles. The number of rotatable bonds is 6. The molecule has 9 heteroatoms. The topological polar surface area (TPSA) is 61.7 Å². The number of ether oxygens (including phenoxy) is 1. The fourth-order valence-electron chi connectivity index (χ4n) is 6.44. The molecule has 1 N–H and O–H groups in total. The maximum absolute atomic E-state index is 16.3. The third-order valence-corrected chi connectivity index (χ3v) is 8.28. The predicted molar refractivity (Wildman–Crippen MR) is 146 cm³/mol. The number of benzene rings is 3. The van der Waals surface area contributed by atoms with E-state index in [0.29, 0.717) is 46.9 Å². The highest BCUT2D eigenvalue weighted by Crippen LogP contribution is 2.43. The van der Waals surface area contributed by atoms with Crippen LogP contribution in [-0.2, 0) is 6.42 Å². The van der Waals surface area contributed by atoms with Gasteiger partial charge in [-0.25, -0.2) is 13.2 Å². The molecule has 1 aromatic heterocycles. The van der Waals surface area contributed by atoms with Crippen LogP contribution in [0.25, 0.3) is 32.8 Å². The number of nitrogens with zero attached hydrogens (tertiary/aromatic N) is 4. The van der Waals surface area contributed by atoms with Gasteiger partial charge in [0.25, 0.3) is 0 Å². The number of phenols is 1. The van der Waals surface area contributed by atoms with Gasteiger partial charge in [-0.05, 0) is 60.3 Å². The molecule has 0 bridgehead atoms. The second-order valence-electron chi connectivity index (χ2n) is 10.8. The van der Waals surface area contributed by atoms with E-state index in [4.69, 9.17) is 4.74 Å². The summed E-state index contributed by atoms with van der Waals surface area (Å²) in [7, 11) is 3.60. The van der Waals surface area contributed by atoms with E-state index in [2.05, 4.69) is 14.9 Å². The third kappa shape index (κ3) is 4.14. The van der Waals surface area contributed by atoms with Gasteiger partial charge in [-0.2, -0.15) is 9.97 Å². The highest BCUT2D eigenvalue weighted by atomic mass is 19.1. The van der Waals surface area contributed by atoms with Crippen LogP contribution in [-0.4, -0.2) is 65.5 Å². The molecule has 0 radical (unpaired) electrons. The number of anilines is 1. The molecule has 0 aliphatic carbocycles. The van der Waals surface area contributed by atoms with Crippen molar-refractivity contribution in [3.8, 4) is 22.9 Å². The van der Waals surface area contributed by atoms with Crippen LogP contribution in [0.5, 0.6) is 11.8 Å². The number of aromatic nitrogens is 2. The standard InChI is InChI=1S/C30H31F3N4O2/c1-4-18-19-9-11-24(38)25(20(19)8-10-23(18)32)21-6-7-22-27(26(21)33)34-29(35-28(22)36(2)3)39-16-30-12-5-13-37(30)15-17(31)14-30/h6-11,17,38H,4-5,12-16H2,1-3H3/t17-,30+/m1/s1. The SMILES string of the molecule is CCc1c(F)ccc2c(-c3ccc4c(N(C)C)nc(OC[C@@]56CCCN5C[C@H](F)C6)nc4c3F)c(O)ccc12. The van der Waals surface area contributed by atoms with Crippen molar-refractivity contribution < 1.29 is 23.0 Å². The number of fused-ring (bicyclic) bond motifs is 3. The lowest BCUT2D eigenvalue weighted by molar-refractivity contribution is 0.107. The van der Waals surface area contributed by atoms with E-state index in [-0.39, 0.29) is 40.8 Å². The Bertz CT molecular complexity index is 1590. The average molecular weight is 537 g/mol. The summed E-state index contributed by atoms with van der Waals surface area (Å²) in [5, 5.41) is 12.5. The summed E-state index contributed by atoms with van der Waals surface area (Å²) in [5.74, 6) is -0.616. The van der Waals surface area contributed by atoms with Crippen LogP contribution in [0.15, 0.2) is 36.4 Å². The molecule has 39 heavy (non-hydrogen) atoms. The number of phenolic OH excluding ortho intramolecular Hbond substituents is 1. The van der Waals surface area contributed by atoms with Crippen molar-refractivity contribution >= 4 is 27.5 Å². The van der Waals surface area contributed by atoms with Crippen molar-refractivity contribution in [2.45, 2.75) is 44.3 Å². The Hall–Kier alpha value is -3.59. The molecule has 3 aromatic carbocycles. The maximum Gasteiger partial charge on any atom is 0.319 e. The first-order valence-electron chi connectivity index (χ1n) is 13.4. The van der Waals surface area contributed by atoms with Crippen LogP contribution in [0.1, 0.15) is 31.7 Å². The minimum atomic E-state index is -0.890. The van der Waals surface area contributed by atoms with Gasteiger partial charge in [0.15, 0.2) is 5.82 Å². The lowest BCUT2D eigenvalue weighted by atomic mass is 9.93. The first-order chi connectivity index (χ1) is 18.7. The Morgan fingerprint density at radius 2 is 1.85 bits per heavy atom. The fraction of sp³-hybridized carbons (Fsp3) is 0.400. The third-order valence-electron chi connectivity index (χ3n) is 8.28. The molecule has 204 valence electrons. The second-order valence-corrected chi connectivity index (χ2v) is 10.8. The number of alkyl halides is 1. The molecule has 3 heterocycles. The smallest absolute Gasteiger partial charge is 0.319 e. The zero-order valence-corrected chi connectivity index (χ0v) is 22.3. The van der Waals surface area contributed by atoms with E-state index in [9.17, 15) is 13.9 Å². The monoisotopic (exact) mass is 536 g/mol. The van der Waals surface area contributed by atoms with Crippen molar-refractivity contribution in [3.63, 3.8) is 0 Å². The molecule has 2 atom stereocenters. The van der Waals surface area contributed by atoms with E-state index >= 15 is 4.39 Å². The van der Waals surface area contributed by atoms with E-state index in [0.717, 1.165) is 19.4 Å². The van der Waals surface area contributed by atoms with Gasteiger partial charge in [0.2, 0.25) is 0 Å². The van der Waals surface area contributed by atoms with Crippen LogP contribution < -0.4 is 9.64 Å². The van der Waals surface area contributed by atoms with Gasteiger partial charge in [-0.15, -0.1) is 0 Å². The zero-order chi connectivity index (χ0) is 27.5. The van der Waals surface area contributed by atoms with Crippen LogP contribution in [0.4, 0.5) is 19.0 Å². The summed E-state index contributed by atoms with van der Waals surface area (Å²) in [6.45, 7) is 3.32. The Balaban J connectivity index is 1.47. The lowest BCUT2D eigenvalue weighted by Crippen LogP contribution is -2.43. The molecule has 2 aliphatic heterocycles. The highest BCUT2D eigenvalue weighted by Gasteiger charge is 2.49. The predicted octanol–water partition coefficient (Wildman–Crippen LogP) is 6.02. The summed E-state index contributed by atoms with van der Waals surface area (Å²) >= 11 is 0. The number of halogens is 3. The molecule has 0 amide bonds. The quantitative estimate of drug-likeness (QED) is 0.325. The summed E-state index contributed by atoms with van der Waals surface area (Å²) < 4.78 is 51.1. The van der Waals surface area contributed by atoms with Crippen molar-refractivity contribution in [1.29, 1.82) is 0 Å². The summed E-state index contributed by atoms with van der Waals surface area (Å²) in [5.41, 5.74) is 0.577. The van der Waals surface area contributed by atoms with E-state index in [1.807, 2.05) is 6.92 Å². The van der Waals surface area contributed by atoms with Crippen molar-refractivity contribution in [2.24, 2.45) is 0 Å². The van der Waals surface area contributed by atoms with Crippen molar-refractivity contribution in [1.82, 2.24) is 14.9 Å². The summed E-state index contributed by atoms with van der Waals surface area (Å²) in [6.07, 6.45) is 1.78.